The summed E-state index contributed by atoms with van der Waals surface area (Å²) in [6.07, 6.45) is 2.23. The monoisotopic (exact) mass is 440 g/mol. The molecule has 0 spiro atoms. The number of amides is 1. The van der Waals surface area contributed by atoms with E-state index in [-0.39, 0.29) is 30.2 Å². The minimum absolute atomic E-state index is 0.0645. The molecule has 0 saturated heterocycles. The summed E-state index contributed by atoms with van der Waals surface area (Å²) in [7, 11) is 0. The van der Waals surface area contributed by atoms with Crippen LogP contribution in [-0.4, -0.2) is 20.4 Å². The Kier molecular flexibility index (Phi) is 5.85. The van der Waals surface area contributed by atoms with Crippen molar-refractivity contribution in [1.29, 1.82) is 0 Å². The number of nitrogens with one attached hydrogen (secondary N) is 2. The summed E-state index contributed by atoms with van der Waals surface area (Å²) in [5.41, 5.74) is 6.60. The van der Waals surface area contributed by atoms with Crippen LogP contribution in [0.1, 0.15) is 35.1 Å². The van der Waals surface area contributed by atoms with E-state index >= 15 is 0 Å². The van der Waals surface area contributed by atoms with Gasteiger partial charge in [0.05, 0.1) is 6.20 Å². The zero-order valence-corrected chi connectivity index (χ0v) is 17.4. The van der Waals surface area contributed by atoms with Gasteiger partial charge in [0.15, 0.2) is 0 Å². The van der Waals surface area contributed by atoms with Crippen molar-refractivity contribution >= 4 is 17.4 Å². The first kappa shape index (κ1) is 21.4. The molecule has 0 saturated carbocycles. The average molecular weight is 440 g/mol. The number of aryl methyl sites for hydroxylation is 2. The molecule has 4 N–H and O–H groups in total. The summed E-state index contributed by atoms with van der Waals surface area (Å²) in [6, 6.07) is 6.28. The SMILES string of the molecule is Cc1nc(N)ccc1CNC(=O)[C@@H]1CCc2ncc(NCc3c(F)cccc3F)c(=O)n21. The maximum atomic E-state index is 13.9. The molecule has 8 nitrogen and oxygen atoms in total. The Morgan fingerprint density at radius 3 is 2.69 bits per heavy atom. The van der Waals surface area contributed by atoms with Crippen LogP contribution in [0.3, 0.4) is 0 Å². The Morgan fingerprint density at radius 2 is 1.97 bits per heavy atom. The zero-order valence-electron chi connectivity index (χ0n) is 17.4. The van der Waals surface area contributed by atoms with Gasteiger partial charge in [-0.2, -0.15) is 0 Å². The third-order valence-corrected chi connectivity index (χ3v) is 5.51. The molecule has 0 fully saturated rings. The van der Waals surface area contributed by atoms with Crippen molar-refractivity contribution in [2.75, 3.05) is 11.1 Å². The molecule has 1 atom stereocenters. The van der Waals surface area contributed by atoms with Crippen LogP contribution >= 0.6 is 0 Å². The van der Waals surface area contributed by atoms with Crippen LogP contribution in [0.25, 0.3) is 0 Å². The minimum atomic E-state index is -0.723. The van der Waals surface area contributed by atoms with E-state index in [9.17, 15) is 18.4 Å². The molecule has 32 heavy (non-hydrogen) atoms. The Morgan fingerprint density at radius 1 is 1.22 bits per heavy atom. The molecule has 0 aliphatic carbocycles. The highest BCUT2D eigenvalue weighted by Gasteiger charge is 2.31. The van der Waals surface area contributed by atoms with Crippen molar-refractivity contribution in [3.05, 3.63) is 81.2 Å². The van der Waals surface area contributed by atoms with E-state index in [4.69, 9.17) is 5.73 Å². The number of hydrogen-bond acceptors (Lipinski definition) is 6. The number of nitrogens with two attached hydrogens (primary N) is 1. The summed E-state index contributed by atoms with van der Waals surface area (Å²) < 4.78 is 29.1. The van der Waals surface area contributed by atoms with Gasteiger partial charge in [0.1, 0.15) is 35.0 Å². The van der Waals surface area contributed by atoms with Gasteiger partial charge in [-0.25, -0.2) is 18.7 Å². The van der Waals surface area contributed by atoms with E-state index in [1.807, 2.05) is 0 Å². The fraction of sp³-hybridized carbons (Fsp3) is 0.273. The Balaban J connectivity index is 1.50. The molecule has 1 aliphatic heterocycles. The number of benzene rings is 1. The Labute approximate surface area is 182 Å². The quantitative estimate of drug-likeness (QED) is 0.542. The lowest BCUT2D eigenvalue weighted by Gasteiger charge is -2.16. The largest absolute Gasteiger partial charge is 0.384 e. The van der Waals surface area contributed by atoms with Crippen molar-refractivity contribution in [2.45, 2.75) is 38.9 Å². The van der Waals surface area contributed by atoms with Crippen LogP contribution in [0.2, 0.25) is 0 Å². The molecule has 2 aromatic heterocycles. The molecule has 166 valence electrons. The van der Waals surface area contributed by atoms with Gasteiger partial charge in [0.25, 0.3) is 5.56 Å². The number of nitrogens with zero attached hydrogens (tertiary/aromatic N) is 3. The summed E-state index contributed by atoms with van der Waals surface area (Å²) >= 11 is 0. The number of carbonyl (C=O) groups is 1. The highest BCUT2D eigenvalue weighted by atomic mass is 19.1. The molecule has 3 heterocycles. The molecule has 0 bridgehead atoms. The van der Waals surface area contributed by atoms with Crippen molar-refractivity contribution < 1.29 is 13.6 Å². The number of nitrogen functional groups attached to an aromatic ring is 1. The summed E-state index contributed by atoms with van der Waals surface area (Å²) in [5.74, 6) is -0.854. The highest BCUT2D eigenvalue weighted by Crippen LogP contribution is 2.24. The number of aromatic nitrogens is 3. The highest BCUT2D eigenvalue weighted by molar-refractivity contribution is 5.81. The van der Waals surface area contributed by atoms with Crippen molar-refractivity contribution in [2.24, 2.45) is 0 Å². The first-order valence-electron chi connectivity index (χ1n) is 10.1. The van der Waals surface area contributed by atoms with E-state index in [0.717, 1.165) is 17.7 Å². The normalized spacial score (nSPS) is 14.8. The zero-order chi connectivity index (χ0) is 22.8. The number of rotatable bonds is 6. The second-order valence-corrected chi connectivity index (χ2v) is 7.57. The van der Waals surface area contributed by atoms with Crippen LogP contribution in [0.15, 0.2) is 41.3 Å². The second kappa shape index (κ2) is 8.74. The number of halogens is 2. The molecule has 1 aliphatic rings. The molecule has 3 aromatic rings. The maximum absolute atomic E-state index is 13.9. The summed E-state index contributed by atoms with van der Waals surface area (Å²) in [5, 5.41) is 5.58. The molecule has 10 heteroatoms. The van der Waals surface area contributed by atoms with Gasteiger partial charge in [0, 0.05) is 30.8 Å². The third-order valence-electron chi connectivity index (χ3n) is 5.51. The molecule has 1 amide bonds. The van der Waals surface area contributed by atoms with E-state index < -0.39 is 23.2 Å². The van der Waals surface area contributed by atoms with E-state index in [1.54, 1.807) is 19.1 Å². The standard InChI is InChI=1S/C22H22F2N6O2/c1-12-13(5-7-19(25)29-12)9-28-21(31)18-6-8-20-27-11-17(22(32)30(18)20)26-10-14-15(23)3-2-4-16(14)24/h2-5,7,11,18,26H,6,8-10H2,1H3,(H2,25,29)(H,28,31)/t18-/m0/s1. The maximum Gasteiger partial charge on any atom is 0.277 e. The Bertz CT molecular complexity index is 1220. The predicted octanol–water partition coefficient (Wildman–Crippen LogP) is 2.22. The van der Waals surface area contributed by atoms with Gasteiger partial charge in [0.2, 0.25) is 5.91 Å². The van der Waals surface area contributed by atoms with Crippen LogP contribution in [-0.2, 0) is 24.3 Å². The minimum Gasteiger partial charge on any atom is -0.384 e. The number of fused-ring (bicyclic) bond motifs is 1. The first-order valence-corrected chi connectivity index (χ1v) is 10.1. The van der Waals surface area contributed by atoms with Crippen molar-refractivity contribution in [1.82, 2.24) is 19.9 Å². The summed E-state index contributed by atoms with van der Waals surface area (Å²) in [4.78, 5) is 34.3. The van der Waals surface area contributed by atoms with Gasteiger partial charge >= 0.3 is 0 Å². The second-order valence-electron chi connectivity index (χ2n) is 7.57. The van der Waals surface area contributed by atoms with Crippen LogP contribution < -0.4 is 21.9 Å². The van der Waals surface area contributed by atoms with Crippen molar-refractivity contribution in [3.8, 4) is 0 Å². The van der Waals surface area contributed by atoms with Gasteiger partial charge < -0.3 is 16.4 Å². The van der Waals surface area contributed by atoms with Crippen LogP contribution in [0.4, 0.5) is 20.3 Å². The number of hydrogen-bond donors (Lipinski definition) is 3. The van der Waals surface area contributed by atoms with E-state index in [0.29, 0.717) is 30.2 Å². The lowest BCUT2D eigenvalue weighted by Crippen LogP contribution is -2.36. The van der Waals surface area contributed by atoms with Crippen LogP contribution in [0, 0.1) is 18.6 Å². The van der Waals surface area contributed by atoms with Gasteiger partial charge in [-0.1, -0.05) is 12.1 Å². The molecular formula is C22H22F2N6O2. The number of pyridine rings is 1. The fourth-order valence-corrected chi connectivity index (χ4v) is 3.76. The van der Waals surface area contributed by atoms with E-state index in [1.165, 1.54) is 16.8 Å². The molecule has 0 radical (unpaired) electrons. The molecule has 1 aromatic carbocycles. The lowest BCUT2D eigenvalue weighted by atomic mass is 10.1. The predicted molar refractivity (Wildman–Crippen MR) is 115 cm³/mol. The first-order chi connectivity index (χ1) is 15.3. The van der Waals surface area contributed by atoms with Crippen molar-refractivity contribution in [3.63, 3.8) is 0 Å². The number of anilines is 2. The Hall–Kier alpha value is -3.82. The van der Waals surface area contributed by atoms with Gasteiger partial charge in [-0.3, -0.25) is 14.2 Å². The third kappa shape index (κ3) is 4.16. The lowest BCUT2D eigenvalue weighted by molar-refractivity contribution is -0.124. The summed E-state index contributed by atoms with van der Waals surface area (Å²) in [6.45, 7) is 1.82. The number of carbonyl (C=O) groups excluding carboxylic acids is 1. The van der Waals surface area contributed by atoms with E-state index in [2.05, 4.69) is 20.6 Å². The van der Waals surface area contributed by atoms with Crippen LogP contribution in [0.5, 0.6) is 0 Å². The van der Waals surface area contributed by atoms with Gasteiger partial charge in [-0.05, 0) is 37.1 Å². The molecule has 4 rings (SSSR count). The smallest absolute Gasteiger partial charge is 0.277 e. The average Bonchev–Trinajstić information content (AvgIpc) is 3.19. The fourth-order valence-electron chi connectivity index (χ4n) is 3.76. The van der Waals surface area contributed by atoms with Gasteiger partial charge in [-0.15, -0.1) is 0 Å². The molecule has 0 unspecified atom stereocenters. The molecular weight excluding hydrogens is 418 g/mol. The topological polar surface area (TPSA) is 115 Å².